The molecule has 3 rings (SSSR count). The lowest BCUT2D eigenvalue weighted by Crippen LogP contribution is -2.14. The van der Waals surface area contributed by atoms with Crippen LogP contribution in [0.4, 0.5) is 10.1 Å². The summed E-state index contributed by atoms with van der Waals surface area (Å²) < 4.78 is 15.0. The molecule has 0 spiro atoms. The fraction of sp³-hybridized carbons (Fsp3) is 0. The lowest BCUT2D eigenvalue weighted by Gasteiger charge is -2.06. The van der Waals surface area contributed by atoms with Crippen molar-refractivity contribution in [3.05, 3.63) is 66.6 Å². The van der Waals surface area contributed by atoms with Crippen molar-refractivity contribution in [1.82, 2.24) is 19.7 Å². The van der Waals surface area contributed by atoms with Crippen molar-refractivity contribution in [2.75, 3.05) is 5.32 Å². The molecule has 0 aromatic carbocycles. The minimum atomic E-state index is -0.809. The Hall–Kier alpha value is -3.09. The topological polar surface area (TPSA) is 72.7 Å². The van der Waals surface area contributed by atoms with Gasteiger partial charge in [-0.15, -0.1) is 0 Å². The molecule has 1 amide bonds. The van der Waals surface area contributed by atoms with E-state index in [1.54, 1.807) is 35.3 Å². The van der Waals surface area contributed by atoms with E-state index >= 15 is 0 Å². The Morgan fingerprint density at radius 1 is 1.14 bits per heavy atom. The van der Waals surface area contributed by atoms with Crippen LogP contribution in [0.3, 0.4) is 0 Å². The SMILES string of the molecule is O=C(Nc1ccc(-n2cccn2)nc1)c1cccnc1F. The average Bonchev–Trinajstić information content (AvgIpc) is 3.02. The normalized spacial score (nSPS) is 10.3. The Morgan fingerprint density at radius 3 is 2.71 bits per heavy atom. The van der Waals surface area contributed by atoms with Crippen molar-refractivity contribution in [1.29, 1.82) is 0 Å². The number of carbonyl (C=O) groups excluding carboxylic acids is 1. The van der Waals surface area contributed by atoms with E-state index in [-0.39, 0.29) is 5.56 Å². The fourth-order valence-corrected chi connectivity index (χ4v) is 1.75. The largest absolute Gasteiger partial charge is 0.320 e. The molecular formula is C14H10FN5O. The van der Waals surface area contributed by atoms with Crippen molar-refractivity contribution in [3.8, 4) is 5.82 Å². The summed E-state index contributed by atoms with van der Waals surface area (Å²) in [4.78, 5) is 19.5. The van der Waals surface area contributed by atoms with Gasteiger partial charge in [-0.25, -0.2) is 14.6 Å². The zero-order valence-electron chi connectivity index (χ0n) is 10.8. The third-order valence-electron chi connectivity index (χ3n) is 2.75. The molecule has 0 aliphatic rings. The van der Waals surface area contributed by atoms with Crippen molar-refractivity contribution in [3.63, 3.8) is 0 Å². The molecule has 1 N–H and O–H groups in total. The molecule has 0 saturated carbocycles. The number of pyridine rings is 2. The zero-order valence-corrected chi connectivity index (χ0v) is 10.8. The Labute approximate surface area is 119 Å². The van der Waals surface area contributed by atoms with Crippen molar-refractivity contribution < 1.29 is 9.18 Å². The third-order valence-corrected chi connectivity index (χ3v) is 2.75. The van der Waals surface area contributed by atoms with Crippen molar-refractivity contribution >= 4 is 11.6 Å². The van der Waals surface area contributed by atoms with Crippen LogP contribution in [0.25, 0.3) is 5.82 Å². The highest BCUT2D eigenvalue weighted by Gasteiger charge is 2.12. The molecule has 0 saturated heterocycles. The molecule has 3 heterocycles. The first-order chi connectivity index (χ1) is 10.2. The van der Waals surface area contributed by atoms with Gasteiger partial charge >= 0.3 is 0 Å². The number of rotatable bonds is 3. The number of halogens is 1. The highest BCUT2D eigenvalue weighted by molar-refractivity contribution is 6.04. The van der Waals surface area contributed by atoms with E-state index < -0.39 is 11.9 Å². The van der Waals surface area contributed by atoms with Gasteiger partial charge in [0.15, 0.2) is 5.82 Å². The van der Waals surface area contributed by atoms with Gasteiger partial charge in [0.1, 0.15) is 0 Å². The number of hydrogen-bond donors (Lipinski definition) is 1. The molecule has 0 bridgehead atoms. The van der Waals surface area contributed by atoms with Gasteiger partial charge in [-0.05, 0) is 30.3 Å². The predicted molar refractivity (Wildman–Crippen MR) is 73.5 cm³/mol. The van der Waals surface area contributed by atoms with Crippen LogP contribution >= 0.6 is 0 Å². The Kier molecular flexibility index (Phi) is 3.38. The summed E-state index contributed by atoms with van der Waals surface area (Å²) in [7, 11) is 0. The predicted octanol–water partition coefficient (Wildman–Crippen LogP) is 2.05. The Morgan fingerprint density at radius 2 is 2.05 bits per heavy atom. The van der Waals surface area contributed by atoms with Crippen LogP contribution < -0.4 is 5.32 Å². The van der Waals surface area contributed by atoms with Gasteiger partial charge in [0.2, 0.25) is 5.95 Å². The second kappa shape index (κ2) is 5.49. The van der Waals surface area contributed by atoms with E-state index in [0.29, 0.717) is 11.5 Å². The Balaban J connectivity index is 1.77. The maximum atomic E-state index is 13.4. The van der Waals surface area contributed by atoms with E-state index in [9.17, 15) is 9.18 Å². The average molecular weight is 283 g/mol. The van der Waals surface area contributed by atoms with Crippen LogP contribution in [0, 0.1) is 5.95 Å². The Bertz CT molecular complexity index is 755. The van der Waals surface area contributed by atoms with Crippen LogP contribution in [0.2, 0.25) is 0 Å². The summed E-state index contributed by atoms with van der Waals surface area (Å²) in [5.74, 6) is -0.768. The number of carbonyl (C=O) groups is 1. The molecule has 0 fully saturated rings. The van der Waals surface area contributed by atoms with Gasteiger partial charge in [-0.3, -0.25) is 4.79 Å². The highest BCUT2D eigenvalue weighted by atomic mass is 19.1. The van der Waals surface area contributed by atoms with Gasteiger partial charge in [-0.2, -0.15) is 9.49 Å². The van der Waals surface area contributed by atoms with Gasteiger partial charge in [0.25, 0.3) is 5.91 Å². The van der Waals surface area contributed by atoms with Gasteiger partial charge in [0, 0.05) is 18.6 Å². The minimum absolute atomic E-state index is 0.117. The third kappa shape index (κ3) is 2.76. The molecule has 0 atom stereocenters. The van der Waals surface area contributed by atoms with Crippen LogP contribution in [-0.2, 0) is 0 Å². The number of anilines is 1. The number of nitrogens with one attached hydrogen (secondary N) is 1. The van der Waals surface area contributed by atoms with Crippen molar-refractivity contribution in [2.45, 2.75) is 0 Å². The summed E-state index contributed by atoms with van der Waals surface area (Å²) in [5, 5.41) is 6.61. The fourth-order valence-electron chi connectivity index (χ4n) is 1.75. The van der Waals surface area contributed by atoms with Crippen LogP contribution in [-0.4, -0.2) is 25.7 Å². The number of amides is 1. The molecule has 0 radical (unpaired) electrons. The monoisotopic (exact) mass is 283 g/mol. The highest BCUT2D eigenvalue weighted by Crippen LogP contribution is 2.11. The number of hydrogen-bond acceptors (Lipinski definition) is 4. The number of aromatic nitrogens is 4. The van der Waals surface area contributed by atoms with E-state index in [1.807, 2.05) is 0 Å². The van der Waals surface area contributed by atoms with E-state index in [1.165, 1.54) is 24.5 Å². The van der Waals surface area contributed by atoms with Gasteiger partial charge < -0.3 is 5.32 Å². The second-order valence-corrected chi connectivity index (χ2v) is 4.15. The summed E-state index contributed by atoms with van der Waals surface area (Å²) in [6.45, 7) is 0. The molecule has 21 heavy (non-hydrogen) atoms. The molecule has 3 aromatic rings. The molecule has 0 unspecified atom stereocenters. The van der Waals surface area contributed by atoms with E-state index in [4.69, 9.17) is 0 Å². The first-order valence-corrected chi connectivity index (χ1v) is 6.12. The van der Waals surface area contributed by atoms with Crippen LogP contribution in [0.15, 0.2) is 55.1 Å². The van der Waals surface area contributed by atoms with Gasteiger partial charge in [0.05, 0.1) is 17.4 Å². The summed E-state index contributed by atoms with van der Waals surface area (Å²) in [6, 6.07) is 8.00. The standard InChI is InChI=1S/C14H10FN5O/c15-13-11(3-1-6-16-13)14(21)19-10-4-5-12(17-9-10)20-8-2-7-18-20/h1-9H,(H,19,21). The first-order valence-electron chi connectivity index (χ1n) is 6.12. The smallest absolute Gasteiger partial charge is 0.260 e. The maximum absolute atomic E-state index is 13.4. The molecule has 0 aliphatic carbocycles. The van der Waals surface area contributed by atoms with Crippen molar-refractivity contribution in [2.24, 2.45) is 0 Å². The molecule has 3 aromatic heterocycles. The lowest BCUT2D eigenvalue weighted by molar-refractivity contribution is 0.102. The first kappa shape index (κ1) is 12.9. The molecule has 7 heteroatoms. The minimum Gasteiger partial charge on any atom is -0.320 e. The van der Waals surface area contributed by atoms with Gasteiger partial charge in [-0.1, -0.05) is 0 Å². The zero-order chi connectivity index (χ0) is 14.7. The number of nitrogens with zero attached hydrogens (tertiary/aromatic N) is 4. The van der Waals surface area contributed by atoms with Crippen LogP contribution in [0.5, 0.6) is 0 Å². The lowest BCUT2D eigenvalue weighted by atomic mass is 10.2. The molecule has 104 valence electrons. The molecular weight excluding hydrogens is 273 g/mol. The second-order valence-electron chi connectivity index (χ2n) is 4.15. The summed E-state index contributed by atoms with van der Waals surface area (Å²) in [5.41, 5.74) is 0.341. The quantitative estimate of drug-likeness (QED) is 0.747. The molecule has 0 aliphatic heterocycles. The summed E-state index contributed by atoms with van der Waals surface area (Å²) >= 11 is 0. The van der Waals surface area contributed by atoms with Crippen LogP contribution in [0.1, 0.15) is 10.4 Å². The maximum Gasteiger partial charge on any atom is 0.260 e. The summed E-state index contributed by atoms with van der Waals surface area (Å²) in [6.07, 6.45) is 6.16. The van der Waals surface area contributed by atoms with E-state index in [0.717, 1.165) is 0 Å². The van der Waals surface area contributed by atoms with E-state index in [2.05, 4.69) is 20.4 Å². The molecule has 6 nitrogen and oxygen atoms in total.